The van der Waals surface area contributed by atoms with E-state index < -0.39 is 0 Å². The highest BCUT2D eigenvalue weighted by molar-refractivity contribution is 14.0. The Bertz CT molecular complexity index is 907. The molecule has 1 fully saturated rings. The summed E-state index contributed by atoms with van der Waals surface area (Å²) in [5.41, 5.74) is 2.63. The number of hydrogen-bond acceptors (Lipinski definition) is 5. The Balaban J connectivity index is 0.00000272. The Morgan fingerprint density at radius 2 is 2.26 bits per heavy atom. The number of morpholine rings is 1. The second-order valence-electron chi connectivity index (χ2n) is 7.40. The molecule has 0 saturated carbocycles. The Kier molecular flexibility index (Phi) is 8.50. The fourth-order valence-electron chi connectivity index (χ4n) is 3.80. The SMILES string of the molecule is CCNC(=NCCc1cc(F)cc2c1OCOC2)N1CCOC(c2cnn(C)c2)C1.I. The van der Waals surface area contributed by atoms with E-state index in [4.69, 9.17) is 19.2 Å². The van der Waals surface area contributed by atoms with Gasteiger partial charge in [0, 0.05) is 44.0 Å². The zero-order valence-electron chi connectivity index (χ0n) is 17.8. The van der Waals surface area contributed by atoms with Gasteiger partial charge in [0.15, 0.2) is 12.8 Å². The number of aromatic nitrogens is 2. The Morgan fingerprint density at radius 3 is 3.03 bits per heavy atom. The molecular weight excluding hydrogens is 516 g/mol. The van der Waals surface area contributed by atoms with Crippen LogP contribution in [0.5, 0.6) is 5.75 Å². The average Bonchev–Trinajstić information content (AvgIpc) is 3.19. The molecule has 3 heterocycles. The van der Waals surface area contributed by atoms with Gasteiger partial charge in [-0.05, 0) is 31.0 Å². The highest BCUT2D eigenvalue weighted by Crippen LogP contribution is 2.30. The summed E-state index contributed by atoms with van der Waals surface area (Å²) < 4.78 is 32.6. The molecule has 1 aromatic carbocycles. The van der Waals surface area contributed by atoms with Gasteiger partial charge in [-0.15, -0.1) is 24.0 Å². The van der Waals surface area contributed by atoms with E-state index in [9.17, 15) is 4.39 Å². The molecule has 0 aliphatic carbocycles. The maximum atomic E-state index is 14.0. The molecule has 1 N–H and O–H groups in total. The minimum Gasteiger partial charge on any atom is -0.467 e. The van der Waals surface area contributed by atoms with Gasteiger partial charge in [-0.25, -0.2) is 4.39 Å². The van der Waals surface area contributed by atoms with E-state index in [1.54, 1.807) is 4.68 Å². The van der Waals surface area contributed by atoms with Gasteiger partial charge in [-0.3, -0.25) is 9.67 Å². The first-order valence-electron chi connectivity index (χ1n) is 10.3. The summed E-state index contributed by atoms with van der Waals surface area (Å²) in [5, 5.41) is 7.61. The maximum Gasteiger partial charge on any atom is 0.194 e. The number of benzene rings is 1. The summed E-state index contributed by atoms with van der Waals surface area (Å²) >= 11 is 0. The molecule has 170 valence electrons. The standard InChI is InChI=1S/C21H28FN5O3.HI/c1-3-23-21(27-6-7-29-19(12-27)17-10-25-26(2)11-17)24-5-4-15-8-18(22)9-16-13-28-14-30-20(15)16;/h8-11,19H,3-7,12-14H2,1-2H3,(H,23,24);1H. The van der Waals surface area contributed by atoms with Gasteiger partial charge in [0.25, 0.3) is 0 Å². The van der Waals surface area contributed by atoms with E-state index in [0.717, 1.165) is 41.5 Å². The number of nitrogens with zero attached hydrogens (tertiary/aromatic N) is 4. The quantitative estimate of drug-likeness (QED) is 0.354. The molecule has 2 aliphatic heterocycles. The summed E-state index contributed by atoms with van der Waals surface area (Å²) in [6, 6.07) is 3.00. The highest BCUT2D eigenvalue weighted by Gasteiger charge is 2.25. The summed E-state index contributed by atoms with van der Waals surface area (Å²) in [6.07, 6.45) is 4.37. The van der Waals surface area contributed by atoms with Crippen molar-refractivity contribution < 1.29 is 18.6 Å². The lowest BCUT2D eigenvalue weighted by Gasteiger charge is -2.34. The fourth-order valence-corrected chi connectivity index (χ4v) is 3.80. The van der Waals surface area contributed by atoms with Crippen LogP contribution in [0.3, 0.4) is 0 Å². The van der Waals surface area contributed by atoms with Crippen LogP contribution in [0.4, 0.5) is 4.39 Å². The summed E-state index contributed by atoms with van der Waals surface area (Å²) in [5.74, 6) is 1.29. The van der Waals surface area contributed by atoms with Gasteiger partial charge in [-0.2, -0.15) is 5.10 Å². The number of guanidine groups is 1. The lowest BCUT2D eigenvalue weighted by molar-refractivity contribution is -0.0172. The third kappa shape index (κ3) is 5.86. The van der Waals surface area contributed by atoms with Crippen molar-refractivity contribution in [2.45, 2.75) is 26.1 Å². The number of halogens is 2. The van der Waals surface area contributed by atoms with Crippen LogP contribution in [0.1, 0.15) is 29.7 Å². The van der Waals surface area contributed by atoms with Gasteiger partial charge in [-0.1, -0.05) is 0 Å². The maximum absolute atomic E-state index is 14.0. The van der Waals surface area contributed by atoms with Crippen molar-refractivity contribution in [3.05, 3.63) is 47.0 Å². The van der Waals surface area contributed by atoms with E-state index in [2.05, 4.69) is 15.3 Å². The molecule has 1 atom stereocenters. The van der Waals surface area contributed by atoms with Crippen molar-refractivity contribution in [2.75, 3.05) is 39.6 Å². The van der Waals surface area contributed by atoms with E-state index in [1.165, 1.54) is 12.1 Å². The first-order chi connectivity index (χ1) is 14.6. The van der Waals surface area contributed by atoms with Crippen LogP contribution in [0.15, 0.2) is 29.5 Å². The van der Waals surface area contributed by atoms with Crippen LogP contribution in [-0.2, 0) is 29.5 Å². The van der Waals surface area contributed by atoms with Crippen LogP contribution in [0, 0.1) is 5.82 Å². The van der Waals surface area contributed by atoms with Crippen molar-refractivity contribution in [1.29, 1.82) is 0 Å². The first-order valence-corrected chi connectivity index (χ1v) is 10.3. The van der Waals surface area contributed by atoms with Crippen LogP contribution in [0.2, 0.25) is 0 Å². The molecule has 4 rings (SSSR count). The van der Waals surface area contributed by atoms with Crippen LogP contribution < -0.4 is 10.1 Å². The van der Waals surface area contributed by atoms with E-state index >= 15 is 0 Å². The second-order valence-corrected chi connectivity index (χ2v) is 7.40. The zero-order valence-corrected chi connectivity index (χ0v) is 20.2. The van der Waals surface area contributed by atoms with Crippen LogP contribution >= 0.6 is 24.0 Å². The number of aryl methyl sites for hydroxylation is 1. The molecular formula is C21H29FIN5O3. The number of hydrogen-bond donors (Lipinski definition) is 1. The smallest absolute Gasteiger partial charge is 0.194 e. The second kappa shape index (κ2) is 11.1. The van der Waals surface area contributed by atoms with E-state index in [0.29, 0.717) is 32.7 Å². The largest absolute Gasteiger partial charge is 0.467 e. The number of rotatable bonds is 5. The number of nitrogens with one attached hydrogen (secondary N) is 1. The molecule has 2 aromatic rings. The predicted molar refractivity (Wildman–Crippen MR) is 125 cm³/mol. The van der Waals surface area contributed by atoms with E-state index in [-0.39, 0.29) is 42.7 Å². The minimum absolute atomic E-state index is 0. The molecule has 1 aromatic heterocycles. The molecule has 2 aliphatic rings. The van der Waals surface area contributed by atoms with Crippen molar-refractivity contribution >= 4 is 29.9 Å². The number of aliphatic imine (C=N–C) groups is 1. The van der Waals surface area contributed by atoms with Crippen molar-refractivity contribution in [3.8, 4) is 5.75 Å². The molecule has 0 bridgehead atoms. The molecule has 0 radical (unpaired) electrons. The lowest BCUT2D eigenvalue weighted by Crippen LogP contribution is -2.48. The van der Waals surface area contributed by atoms with Gasteiger partial charge < -0.3 is 24.4 Å². The lowest BCUT2D eigenvalue weighted by atomic mass is 10.1. The molecule has 0 spiro atoms. The number of fused-ring (bicyclic) bond motifs is 1. The van der Waals surface area contributed by atoms with Gasteiger partial charge in [0.05, 0.1) is 26.0 Å². The molecule has 1 saturated heterocycles. The third-order valence-corrected chi connectivity index (χ3v) is 5.19. The minimum atomic E-state index is -0.277. The zero-order chi connectivity index (χ0) is 20.9. The van der Waals surface area contributed by atoms with Gasteiger partial charge >= 0.3 is 0 Å². The van der Waals surface area contributed by atoms with Crippen molar-refractivity contribution in [1.82, 2.24) is 20.0 Å². The van der Waals surface area contributed by atoms with Crippen LogP contribution in [-0.4, -0.2) is 60.2 Å². The van der Waals surface area contributed by atoms with Gasteiger partial charge in [0.1, 0.15) is 17.7 Å². The predicted octanol–water partition coefficient (Wildman–Crippen LogP) is 2.63. The normalized spacial score (nSPS) is 18.7. The summed E-state index contributed by atoms with van der Waals surface area (Å²) in [6.45, 7) is 5.99. The Morgan fingerprint density at radius 1 is 1.39 bits per heavy atom. The Hall–Kier alpha value is -1.92. The van der Waals surface area contributed by atoms with Crippen molar-refractivity contribution in [2.24, 2.45) is 12.0 Å². The fraction of sp³-hybridized carbons (Fsp3) is 0.524. The third-order valence-electron chi connectivity index (χ3n) is 5.19. The molecule has 10 heteroatoms. The van der Waals surface area contributed by atoms with Crippen molar-refractivity contribution in [3.63, 3.8) is 0 Å². The Labute approximate surface area is 198 Å². The van der Waals surface area contributed by atoms with E-state index in [1.807, 2.05) is 26.4 Å². The molecule has 1 unspecified atom stereocenters. The topological polar surface area (TPSA) is 73.1 Å². The molecule has 31 heavy (non-hydrogen) atoms. The summed E-state index contributed by atoms with van der Waals surface area (Å²) in [4.78, 5) is 6.99. The molecule has 8 nitrogen and oxygen atoms in total. The summed E-state index contributed by atoms with van der Waals surface area (Å²) in [7, 11) is 1.90. The highest BCUT2D eigenvalue weighted by atomic mass is 127. The van der Waals surface area contributed by atoms with Gasteiger partial charge in [0.2, 0.25) is 0 Å². The molecule has 0 amide bonds. The monoisotopic (exact) mass is 545 g/mol. The number of ether oxygens (including phenoxy) is 3. The average molecular weight is 545 g/mol. The van der Waals surface area contributed by atoms with Crippen LogP contribution in [0.25, 0.3) is 0 Å². The first kappa shape index (κ1) is 23.7.